The molecule has 0 aliphatic carbocycles. The maximum Gasteiger partial charge on any atom is 0.0622 e. The van der Waals surface area contributed by atoms with Crippen LogP contribution in [-0.2, 0) is 0 Å². The maximum atomic E-state index is 8.70. The van der Waals surface area contributed by atoms with Gasteiger partial charge in [0, 0.05) is 57.6 Å². The first-order chi connectivity index (χ1) is 13.1. The van der Waals surface area contributed by atoms with Crippen LogP contribution in [0.1, 0.15) is 19.3 Å². The van der Waals surface area contributed by atoms with Crippen molar-refractivity contribution in [3.8, 4) is 6.07 Å². The number of anilines is 2. The van der Waals surface area contributed by atoms with Crippen molar-refractivity contribution in [2.24, 2.45) is 11.8 Å². The highest BCUT2D eigenvalue weighted by molar-refractivity contribution is 5.56. The average molecular weight is 370 g/mol. The summed E-state index contributed by atoms with van der Waals surface area (Å²) < 4.78 is 0. The van der Waals surface area contributed by atoms with Gasteiger partial charge in [0.25, 0.3) is 0 Å². The summed E-state index contributed by atoms with van der Waals surface area (Å²) in [4.78, 5) is 9.73. The lowest BCUT2D eigenvalue weighted by Gasteiger charge is -2.24. The van der Waals surface area contributed by atoms with E-state index in [4.69, 9.17) is 5.26 Å². The molecule has 2 atom stereocenters. The van der Waals surface area contributed by atoms with Gasteiger partial charge < -0.3 is 19.6 Å². The Balaban J connectivity index is 1.46. The minimum absolute atomic E-state index is 0.688. The molecule has 148 valence electrons. The molecule has 1 aromatic carbocycles. The molecule has 0 bridgehead atoms. The topological polar surface area (TPSA) is 36.8 Å². The summed E-state index contributed by atoms with van der Waals surface area (Å²) in [7, 11) is 6.45. The molecule has 0 radical (unpaired) electrons. The van der Waals surface area contributed by atoms with Gasteiger partial charge in [0.1, 0.15) is 0 Å². The minimum atomic E-state index is 0.688. The van der Waals surface area contributed by atoms with Crippen LogP contribution in [0.25, 0.3) is 0 Å². The largest absolute Gasteiger partial charge is 0.375 e. The highest BCUT2D eigenvalue weighted by Gasteiger charge is 2.39. The van der Waals surface area contributed by atoms with E-state index >= 15 is 0 Å². The molecule has 0 unspecified atom stereocenters. The highest BCUT2D eigenvalue weighted by atomic mass is 15.2. The van der Waals surface area contributed by atoms with Crippen molar-refractivity contribution in [2.75, 3.05) is 76.8 Å². The smallest absolute Gasteiger partial charge is 0.0622 e. The van der Waals surface area contributed by atoms with Crippen LogP contribution in [0, 0.1) is 23.2 Å². The monoisotopic (exact) mass is 369 g/mol. The molecule has 2 heterocycles. The third kappa shape index (κ3) is 5.37. The summed E-state index contributed by atoms with van der Waals surface area (Å²) in [6.07, 6.45) is 2.89. The molecule has 2 aliphatic rings. The van der Waals surface area contributed by atoms with Gasteiger partial charge in [-0.25, -0.2) is 0 Å². The molecule has 5 nitrogen and oxygen atoms in total. The molecule has 0 N–H and O–H groups in total. The zero-order chi connectivity index (χ0) is 19.2. The lowest BCUT2D eigenvalue weighted by molar-refractivity contribution is 0.313. The second-order valence-corrected chi connectivity index (χ2v) is 8.54. The van der Waals surface area contributed by atoms with Crippen molar-refractivity contribution in [2.45, 2.75) is 19.3 Å². The van der Waals surface area contributed by atoms with Crippen LogP contribution >= 0.6 is 0 Å². The van der Waals surface area contributed by atoms with E-state index in [1.807, 2.05) is 0 Å². The van der Waals surface area contributed by atoms with E-state index in [1.165, 1.54) is 44.0 Å². The van der Waals surface area contributed by atoms with E-state index in [9.17, 15) is 0 Å². The van der Waals surface area contributed by atoms with E-state index in [-0.39, 0.29) is 0 Å². The van der Waals surface area contributed by atoms with Gasteiger partial charge in [-0.05, 0) is 76.1 Å². The third-order valence-electron chi connectivity index (χ3n) is 6.08. The van der Waals surface area contributed by atoms with Crippen LogP contribution in [0.3, 0.4) is 0 Å². The molecule has 5 heteroatoms. The summed E-state index contributed by atoms with van der Waals surface area (Å²) in [5, 5.41) is 8.70. The van der Waals surface area contributed by atoms with Crippen molar-refractivity contribution in [3.63, 3.8) is 0 Å². The van der Waals surface area contributed by atoms with Gasteiger partial charge in [0.05, 0.1) is 6.07 Å². The van der Waals surface area contributed by atoms with Crippen LogP contribution in [0.2, 0.25) is 0 Å². The molecule has 1 aromatic rings. The average Bonchev–Trinajstić information content (AvgIpc) is 3.20. The van der Waals surface area contributed by atoms with Crippen LogP contribution in [0.4, 0.5) is 11.4 Å². The molecular formula is C22H35N5. The summed E-state index contributed by atoms with van der Waals surface area (Å²) in [5.74, 6) is 1.58. The summed E-state index contributed by atoms with van der Waals surface area (Å²) >= 11 is 0. The van der Waals surface area contributed by atoms with Crippen molar-refractivity contribution in [1.29, 1.82) is 5.26 Å². The maximum absolute atomic E-state index is 8.70. The zero-order valence-electron chi connectivity index (χ0n) is 17.3. The molecular weight excluding hydrogens is 334 g/mol. The van der Waals surface area contributed by atoms with E-state index in [2.05, 4.69) is 71.1 Å². The fraction of sp³-hybridized carbons (Fsp3) is 0.682. The van der Waals surface area contributed by atoms with Gasteiger partial charge in [-0.3, -0.25) is 0 Å². The molecule has 3 rings (SSSR count). The first kappa shape index (κ1) is 20.0. The molecule has 2 fully saturated rings. The molecule has 2 aliphatic heterocycles. The second-order valence-electron chi connectivity index (χ2n) is 8.54. The Morgan fingerprint density at radius 1 is 0.963 bits per heavy atom. The Labute approximate surface area is 165 Å². The number of fused-ring (bicyclic) bond motifs is 1. The summed E-state index contributed by atoms with van der Waals surface area (Å²) in [6.45, 7) is 8.09. The fourth-order valence-electron chi connectivity index (χ4n) is 4.54. The van der Waals surface area contributed by atoms with Crippen LogP contribution in [0.15, 0.2) is 24.3 Å². The van der Waals surface area contributed by atoms with Gasteiger partial charge >= 0.3 is 0 Å². The molecule has 0 spiro atoms. The first-order valence-electron chi connectivity index (χ1n) is 10.4. The number of nitrogens with zero attached hydrogens (tertiary/aromatic N) is 5. The van der Waals surface area contributed by atoms with Crippen molar-refractivity contribution >= 4 is 11.4 Å². The lowest BCUT2D eigenvalue weighted by Crippen LogP contribution is -2.29. The zero-order valence-corrected chi connectivity index (χ0v) is 17.3. The van der Waals surface area contributed by atoms with Crippen LogP contribution in [-0.4, -0.2) is 76.8 Å². The Kier molecular flexibility index (Phi) is 6.98. The molecule has 0 aromatic heterocycles. The number of likely N-dealkylation sites (tertiary alicyclic amines) is 1. The second kappa shape index (κ2) is 9.43. The van der Waals surface area contributed by atoms with E-state index < -0.39 is 0 Å². The Bertz CT molecular complexity index is 607. The SMILES string of the molecule is CN(C)CCCN(C)c1ccc(N2C[C@H]3CN(CCCC#N)C[C@H]3C2)cc1. The number of unbranched alkanes of at least 4 members (excludes halogenated alkanes) is 1. The summed E-state index contributed by atoms with van der Waals surface area (Å²) in [5.41, 5.74) is 2.67. The molecule has 27 heavy (non-hydrogen) atoms. The van der Waals surface area contributed by atoms with Crippen LogP contribution in [0.5, 0.6) is 0 Å². The van der Waals surface area contributed by atoms with Crippen molar-refractivity contribution < 1.29 is 0 Å². The van der Waals surface area contributed by atoms with E-state index in [1.54, 1.807) is 0 Å². The molecule has 0 saturated carbocycles. The summed E-state index contributed by atoms with van der Waals surface area (Å²) in [6, 6.07) is 11.4. The van der Waals surface area contributed by atoms with Crippen molar-refractivity contribution in [1.82, 2.24) is 9.80 Å². The number of hydrogen-bond donors (Lipinski definition) is 0. The normalized spacial score (nSPS) is 22.3. The fourth-order valence-corrected chi connectivity index (χ4v) is 4.54. The van der Waals surface area contributed by atoms with Gasteiger partial charge in [-0.2, -0.15) is 5.26 Å². The van der Waals surface area contributed by atoms with E-state index in [0.29, 0.717) is 6.42 Å². The number of hydrogen-bond acceptors (Lipinski definition) is 5. The highest BCUT2D eigenvalue weighted by Crippen LogP contribution is 2.34. The quantitative estimate of drug-likeness (QED) is 0.626. The predicted octanol–water partition coefficient (Wildman–Crippen LogP) is 2.75. The predicted molar refractivity (Wildman–Crippen MR) is 113 cm³/mol. The van der Waals surface area contributed by atoms with E-state index in [0.717, 1.165) is 37.9 Å². The third-order valence-corrected chi connectivity index (χ3v) is 6.08. The molecule has 0 amide bonds. The number of rotatable bonds is 9. The first-order valence-corrected chi connectivity index (χ1v) is 10.4. The Morgan fingerprint density at radius 3 is 2.22 bits per heavy atom. The lowest BCUT2D eigenvalue weighted by atomic mass is 10.0. The number of benzene rings is 1. The number of nitriles is 1. The van der Waals surface area contributed by atoms with Gasteiger partial charge in [0.15, 0.2) is 0 Å². The van der Waals surface area contributed by atoms with Gasteiger partial charge in [0.2, 0.25) is 0 Å². The Hall–Kier alpha value is -1.77. The van der Waals surface area contributed by atoms with Gasteiger partial charge in [-0.1, -0.05) is 0 Å². The Morgan fingerprint density at radius 2 is 1.63 bits per heavy atom. The molecule has 2 saturated heterocycles. The van der Waals surface area contributed by atoms with Crippen LogP contribution < -0.4 is 9.80 Å². The van der Waals surface area contributed by atoms with Gasteiger partial charge in [-0.15, -0.1) is 0 Å². The standard InChI is InChI=1S/C22H35N5/c1-24(2)12-6-13-25(3)21-7-9-22(10-8-21)27-17-19-15-26(14-5-4-11-23)16-20(19)18-27/h7-10,19-20H,4-6,12-18H2,1-3H3/t19-,20+. The van der Waals surface area contributed by atoms with Crippen molar-refractivity contribution in [3.05, 3.63) is 24.3 Å². The minimum Gasteiger partial charge on any atom is -0.375 e.